The van der Waals surface area contributed by atoms with Crippen LogP contribution >= 0.6 is 0 Å². The molecule has 2 aromatic rings. The first-order valence-electron chi connectivity index (χ1n) is 5.79. The van der Waals surface area contributed by atoms with Crippen LogP contribution in [0.15, 0.2) is 12.1 Å². The Balaban J connectivity index is 1.67. The summed E-state index contributed by atoms with van der Waals surface area (Å²) < 4.78 is 11.6. The molecule has 0 amide bonds. The Kier molecular flexibility index (Phi) is 2.95. The molecule has 0 aliphatic carbocycles. The minimum atomic E-state index is -0.327. The Morgan fingerprint density at radius 2 is 2.42 bits per heavy atom. The molecule has 0 aromatic carbocycles. The average Bonchev–Trinajstić information content (AvgIpc) is 3.06. The van der Waals surface area contributed by atoms with Gasteiger partial charge in [0.25, 0.3) is 0 Å². The molecule has 9 heteroatoms. The van der Waals surface area contributed by atoms with Crippen LogP contribution in [0.1, 0.15) is 6.42 Å². The average molecular weight is 264 g/mol. The predicted octanol–water partition coefficient (Wildman–Crippen LogP) is -1.20. The number of carbonyl (C=O) groups excluding carboxylic acids is 1. The normalized spacial score (nSPS) is 22.6. The Hall–Kier alpha value is -2.29. The fourth-order valence-corrected chi connectivity index (χ4v) is 1.98. The molecule has 19 heavy (non-hydrogen) atoms. The molecule has 0 radical (unpaired) electrons. The minimum Gasteiger partial charge on any atom is -0.472 e. The maximum atomic E-state index is 11.4. The third-order valence-corrected chi connectivity index (χ3v) is 2.91. The van der Waals surface area contributed by atoms with Gasteiger partial charge in [-0.3, -0.25) is 4.79 Å². The lowest BCUT2D eigenvalue weighted by Crippen LogP contribution is -2.31. The molecule has 0 saturated carbocycles. The topological polar surface area (TPSA) is 104 Å². The number of nitrogens with zero attached hydrogens (tertiary/aromatic N) is 5. The molecular weight excluding hydrogens is 252 g/mol. The zero-order valence-corrected chi connectivity index (χ0v) is 10.2. The van der Waals surface area contributed by atoms with E-state index < -0.39 is 0 Å². The summed E-state index contributed by atoms with van der Waals surface area (Å²) in [4.78, 5) is 11.4. The van der Waals surface area contributed by atoms with Gasteiger partial charge in [-0.1, -0.05) is 0 Å². The number of methoxy groups -OCH3 is 1. The van der Waals surface area contributed by atoms with Gasteiger partial charge in [-0.15, -0.1) is 14.8 Å². The number of tetrazole rings is 1. The lowest BCUT2D eigenvalue weighted by atomic mass is 10.2. The molecule has 2 atom stereocenters. The second-order valence-corrected chi connectivity index (χ2v) is 4.16. The second-order valence-electron chi connectivity index (χ2n) is 4.16. The van der Waals surface area contributed by atoms with Gasteiger partial charge in [-0.25, -0.2) is 0 Å². The minimum absolute atomic E-state index is 0.134. The van der Waals surface area contributed by atoms with Crippen molar-refractivity contribution in [3.05, 3.63) is 12.1 Å². The van der Waals surface area contributed by atoms with E-state index in [4.69, 9.17) is 4.74 Å². The first-order valence-corrected chi connectivity index (χ1v) is 5.79. The smallest absolute Gasteiger partial charge is 0.323 e. The Bertz CT molecular complexity index is 600. The van der Waals surface area contributed by atoms with Crippen molar-refractivity contribution in [3.8, 4) is 5.88 Å². The number of rotatable bonds is 3. The summed E-state index contributed by atoms with van der Waals surface area (Å²) in [6.07, 6.45) is 0.410. The molecule has 0 spiro atoms. The molecule has 9 nitrogen and oxygen atoms in total. The summed E-state index contributed by atoms with van der Waals surface area (Å²) in [6, 6.07) is 3.08. The van der Waals surface area contributed by atoms with Crippen LogP contribution in [-0.4, -0.2) is 57.0 Å². The van der Waals surface area contributed by atoms with Crippen LogP contribution in [0.2, 0.25) is 0 Å². The van der Waals surface area contributed by atoms with Crippen molar-refractivity contribution in [2.24, 2.45) is 0 Å². The number of nitrogens with one attached hydrogen (secondary N) is 1. The highest BCUT2D eigenvalue weighted by Crippen LogP contribution is 2.15. The highest BCUT2D eigenvalue weighted by Gasteiger charge is 2.31. The third-order valence-electron chi connectivity index (χ3n) is 2.91. The van der Waals surface area contributed by atoms with Crippen LogP contribution in [0.5, 0.6) is 5.88 Å². The zero-order chi connectivity index (χ0) is 13.2. The van der Waals surface area contributed by atoms with Crippen molar-refractivity contribution in [1.82, 2.24) is 30.6 Å². The standard InChI is InChI=1S/C10H12N6O3/c1-18-10(17)7-4-6(5-11-7)19-9-3-2-8-12-14-15-16(8)13-9/h2-3,6-7,11H,4-5H2,1H3. The Morgan fingerprint density at radius 3 is 3.26 bits per heavy atom. The lowest BCUT2D eigenvalue weighted by molar-refractivity contribution is -0.142. The maximum absolute atomic E-state index is 11.4. The molecule has 3 heterocycles. The largest absolute Gasteiger partial charge is 0.472 e. The van der Waals surface area contributed by atoms with E-state index in [0.717, 1.165) is 0 Å². The molecule has 0 bridgehead atoms. The van der Waals surface area contributed by atoms with Gasteiger partial charge < -0.3 is 14.8 Å². The Labute approximate surface area is 107 Å². The number of hydrogen-bond donors (Lipinski definition) is 1. The second kappa shape index (κ2) is 4.76. The number of esters is 1. The van der Waals surface area contributed by atoms with Crippen LogP contribution in [0.4, 0.5) is 0 Å². The van der Waals surface area contributed by atoms with Gasteiger partial charge in [0, 0.05) is 19.0 Å². The van der Waals surface area contributed by atoms with E-state index in [9.17, 15) is 4.79 Å². The van der Waals surface area contributed by atoms with Gasteiger partial charge in [0.1, 0.15) is 12.1 Å². The van der Waals surface area contributed by atoms with Crippen LogP contribution in [0.3, 0.4) is 0 Å². The fraction of sp³-hybridized carbons (Fsp3) is 0.500. The van der Waals surface area contributed by atoms with Crippen molar-refractivity contribution in [1.29, 1.82) is 0 Å². The van der Waals surface area contributed by atoms with Gasteiger partial charge in [-0.05, 0) is 16.5 Å². The summed E-state index contributed by atoms with van der Waals surface area (Å²) >= 11 is 0. The van der Waals surface area contributed by atoms with Crippen molar-refractivity contribution in [2.75, 3.05) is 13.7 Å². The van der Waals surface area contributed by atoms with Gasteiger partial charge in [-0.2, -0.15) is 0 Å². The molecule has 100 valence electrons. The van der Waals surface area contributed by atoms with E-state index in [1.807, 2.05) is 0 Å². The molecule has 2 unspecified atom stereocenters. The SMILES string of the molecule is COC(=O)C1CC(Oc2ccc3nnnn3n2)CN1. The highest BCUT2D eigenvalue weighted by molar-refractivity contribution is 5.76. The number of ether oxygens (including phenoxy) is 2. The quantitative estimate of drug-likeness (QED) is 0.689. The first-order chi connectivity index (χ1) is 9.26. The maximum Gasteiger partial charge on any atom is 0.323 e. The number of fused-ring (bicyclic) bond motifs is 1. The predicted molar refractivity (Wildman–Crippen MR) is 61.4 cm³/mol. The monoisotopic (exact) mass is 264 g/mol. The van der Waals surface area contributed by atoms with E-state index in [1.54, 1.807) is 12.1 Å². The molecule has 1 aliphatic rings. The lowest BCUT2D eigenvalue weighted by Gasteiger charge is -2.11. The van der Waals surface area contributed by atoms with Crippen molar-refractivity contribution in [3.63, 3.8) is 0 Å². The van der Waals surface area contributed by atoms with Gasteiger partial charge >= 0.3 is 5.97 Å². The molecular formula is C10H12N6O3. The summed E-state index contributed by atoms with van der Waals surface area (Å²) in [5.74, 6) is 0.132. The fourth-order valence-electron chi connectivity index (χ4n) is 1.98. The molecule has 1 N–H and O–H groups in total. The number of hydrogen-bond acceptors (Lipinski definition) is 8. The number of aromatic nitrogens is 5. The van der Waals surface area contributed by atoms with Gasteiger partial charge in [0.05, 0.1) is 7.11 Å². The third kappa shape index (κ3) is 2.32. The van der Waals surface area contributed by atoms with Crippen LogP contribution in [-0.2, 0) is 9.53 Å². The van der Waals surface area contributed by atoms with Crippen molar-refractivity contribution in [2.45, 2.75) is 18.6 Å². The molecule has 1 fully saturated rings. The van der Waals surface area contributed by atoms with E-state index >= 15 is 0 Å². The molecule has 1 aliphatic heterocycles. The summed E-state index contributed by atoms with van der Waals surface area (Å²) in [5.41, 5.74) is 0.546. The number of carbonyl (C=O) groups is 1. The summed E-state index contributed by atoms with van der Waals surface area (Å²) in [5, 5.41) is 18.1. The summed E-state index contributed by atoms with van der Waals surface area (Å²) in [7, 11) is 1.37. The highest BCUT2D eigenvalue weighted by atomic mass is 16.5. The van der Waals surface area contributed by atoms with E-state index in [2.05, 4.69) is 30.7 Å². The van der Waals surface area contributed by atoms with Crippen LogP contribution in [0.25, 0.3) is 5.65 Å². The summed E-state index contributed by atoms with van der Waals surface area (Å²) in [6.45, 7) is 0.565. The molecule has 3 rings (SSSR count). The van der Waals surface area contributed by atoms with Crippen molar-refractivity contribution >= 4 is 11.6 Å². The molecule has 1 saturated heterocycles. The Morgan fingerprint density at radius 1 is 1.53 bits per heavy atom. The molecule has 2 aromatic heterocycles. The zero-order valence-electron chi connectivity index (χ0n) is 10.2. The van der Waals surface area contributed by atoms with Crippen LogP contribution < -0.4 is 10.1 Å². The van der Waals surface area contributed by atoms with E-state index in [0.29, 0.717) is 24.5 Å². The van der Waals surface area contributed by atoms with Crippen molar-refractivity contribution < 1.29 is 14.3 Å². The van der Waals surface area contributed by atoms with E-state index in [-0.39, 0.29) is 18.1 Å². The van der Waals surface area contributed by atoms with Crippen LogP contribution in [0, 0.1) is 0 Å². The van der Waals surface area contributed by atoms with Gasteiger partial charge in [0.15, 0.2) is 5.65 Å². The first kappa shape index (κ1) is 11.8. The van der Waals surface area contributed by atoms with E-state index in [1.165, 1.54) is 11.7 Å². The van der Waals surface area contributed by atoms with Gasteiger partial charge in [0.2, 0.25) is 5.88 Å².